The largest absolute Gasteiger partial charge is 0.381 e. The molecule has 0 bridgehead atoms. The summed E-state index contributed by atoms with van der Waals surface area (Å²) in [4.78, 5) is 7.28. The summed E-state index contributed by atoms with van der Waals surface area (Å²) < 4.78 is 5.62. The van der Waals surface area contributed by atoms with Crippen LogP contribution in [0.25, 0.3) is 0 Å². The van der Waals surface area contributed by atoms with Crippen LogP contribution in [0.2, 0.25) is 0 Å². The first-order chi connectivity index (χ1) is 9.94. The molecule has 22 heavy (non-hydrogen) atoms. The third-order valence-electron chi connectivity index (χ3n) is 4.60. The molecule has 5 heteroatoms. The molecule has 0 radical (unpaired) electrons. The fraction of sp³-hybridized carbons (Fsp3) is 0.941. The van der Waals surface area contributed by atoms with Crippen molar-refractivity contribution in [2.75, 3.05) is 39.4 Å². The lowest BCUT2D eigenvalue weighted by Gasteiger charge is -2.25. The number of hydrogen-bond acceptors (Lipinski definition) is 2. The van der Waals surface area contributed by atoms with Crippen molar-refractivity contribution in [3.63, 3.8) is 0 Å². The summed E-state index contributed by atoms with van der Waals surface area (Å²) in [5.74, 6) is 1.11. The number of aliphatic imine (C=N–C) groups is 1. The van der Waals surface area contributed by atoms with E-state index < -0.39 is 0 Å². The van der Waals surface area contributed by atoms with E-state index in [4.69, 9.17) is 9.73 Å². The zero-order valence-electron chi connectivity index (χ0n) is 14.8. The van der Waals surface area contributed by atoms with E-state index in [1.807, 2.05) is 0 Å². The Hall–Kier alpha value is -0.0400. The normalized spacial score (nSPS) is 25.6. The number of likely N-dealkylation sites (tertiary alicyclic amines) is 1. The van der Waals surface area contributed by atoms with Gasteiger partial charge >= 0.3 is 0 Å². The van der Waals surface area contributed by atoms with Crippen LogP contribution in [0.15, 0.2) is 4.99 Å². The maximum atomic E-state index is 5.62. The minimum atomic E-state index is 0. The van der Waals surface area contributed by atoms with Crippen LogP contribution >= 0.6 is 24.0 Å². The second kappa shape index (κ2) is 8.71. The Morgan fingerprint density at radius 3 is 2.68 bits per heavy atom. The average molecular weight is 423 g/mol. The number of ether oxygens (including phenoxy) is 1. The van der Waals surface area contributed by atoms with Gasteiger partial charge in [-0.1, -0.05) is 20.8 Å². The van der Waals surface area contributed by atoms with Gasteiger partial charge in [0, 0.05) is 38.2 Å². The smallest absolute Gasteiger partial charge is 0.193 e. The first-order valence-electron chi connectivity index (χ1n) is 8.55. The molecule has 0 saturated carbocycles. The van der Waals surface area contributed by atoms with Crippen LogP contribution in [0, 0.1) is 10.8 Å². The Labute approximate surface area is 153 Å². The molecule has 2 fully saturated rings. The van der Waals surface area contributed by atoms with E-state index in [-0.39, 0.29) is 24.0 Å². The second-order valence-electron chi connectivity index (χ2n) is 7.87. The van der Waals surface area contributed by atoms with Crippen molar-refractivity contribution in [1.29, 1.82) is 0 Å². The molecule has 2 saturated heterocycles. The van der Waals surface area contributed by atoms with E-state index in [9.17, 15) is 0 Å². The number of nitrogens with zero attached hydrogens (tertiary/aromatic N) is 2. The lowest BCUT2D eigenvalue weighted by atomic mass is 9.87. The molecule has 2 aliphatic rings. The molecule has 1 N–H and O–H groups in total. The quantitative estimate of drug-likeness (QED) is 0.326. The third kappa shape index (κ3) is 5.87. The molecular formula is C17H34IN3O. The highest BCUT2D eigenvalue weighted by molar-refractivity contribution is 14.0. The SMILES string of the molecule is CCNC(=NCCCC(C)(C)C)N1CCC2(CCOC2)C1.I. The Kier molecular flexibility index (Phi) is 7.92. The van der Waals surface area contributed by atoms with Crippen LogP contribution in [0.5, 0.6) is 0 Å². The molecule has 2 aliphatic heterocycles. The molecule has 0 aromatic heterocycles. The molecule has 4 nitrogen and oxygen atoms in total. The second-order valence-corrected chi connectivity index (χ2v) is 7.87. The van der Waals surface area contributed by atoms with Gasteiger partial charge in [-0.25, -0.2) is 0 Å². The maximum Gasteiger partial charge on any atom is 0.193 e. The van der Waals surface area contributed by atoms with E-state index in [1.54, 1.807) is 0 Å². The van der Waals surface area contributed by atoms with Crippen LogP contribution in [0.3, 0.4) is 0 Å². The van der Waals surface area contributed by atoms with Gasteiger partial charge in [-0.15, -0.1) is 24.0 Å². The summed E-state index contributed by atoms with van der Waals surface area (Å²) in [6.45, 7) is 15.0. The summed E-state index contributed by atoms with van der Waals surface area (Å²) in [5.41, 5.74) is 0.814. The Morgan fingerprint density at radius 1 is 1.32 bits per heavy atom. The summed E-state index contributed by atoms with van der Waals surface area (Å²) in [7, 11) is 0. The average Bonchev–Trinajstić information content (AvgIpc) is 3.03. The molecular weight excluding hydrogens is 389 g/mol. The Morgan fingerprint density at radius 2 is 2.09 bits per heavy atom. The van der Waals surface area contributed by atoms with Gasteiger partial charge in [-0.3, -0.25) is 4.99 Å². The van der Waals surface area contributed by atoms with Gasteiger partial charge in [0.1, 0.15) is 0 Å². The van der Waals surface area contributed by atoms with Crippen molar-refractivity contribution in [2.45, 2.75) is 53.4 Å². The molecule has 1 spiro atoms. The maximum absolute atomic E-state index is 5.62. The van der Waals surface area contributed by atoms with E-state index in [2.05, 4.69) is 37.9 Å². The predicted octanol–water partition coefficient (Wildman–Crippen LogP) is 3.51. The van der Waals surface area contributed by atoms with Crippen LogP contribution < -0.4 is 5.32 Å². The van der Waals surface area contributed by atoms with Gasteiger partial charge in [0.2, 0.25) is 0 Å². The molecule has 0 aromatic rings. The van der Waals surface area contributed by atoms with E-state index >= 15 is 0 Å². The van der Waals surface area contributed by atoms with Crippen molar-refractivity contribution < 1.29 is 4.74 Å². The standard InChI is InChI=1S/C17H33N3O.HI/c1-5-18-15(19-10-6-7-16(2,3)4)20-11-8-17(13-20)9-12-21-14-17;/h5-14H2,1-4H3,(H,18,19);1H. The van der Waals surface area contributed by atoms with Gasteiger partial charge in [0.15, 0.2) is 5.96 Å². The monoisotopic (exact) mass is 423 g/mol. The number of rotatable bonds is 4. The van der Waals surface area contributed by atoms with E-state index in [0.29, 0.717) is 10.8 Å². The van der Waals surface area contributed by atoms with Crippen LogP contribution in [0.1, 0.15) is 53.4 Å². The third-order valence-corrected chi connectivity index (χ3v) is 4.60. The lowest BCUT2D eigenvalue weighted by molar-refractivity contribution is 0.156. The Bertz CT molecular complexity index is 359. The zero-order chi connectivity index (χ0) is 15.3. The van der Waals surface area contributed by atoms with Crippen molar-refractivity contribution in [2.24, 2.45) is 15.8 Å². The molecule has 0 amide bonds. The number of halogens is 1. The first-order valence-corrected chi connectivity index (χ1v) is 8.55. The lowest BCUT2D eigenvalue weighted by Crippen LogP contribution is -2.41. The minimum Gasteiger partial charge on any atom is -0.381 e. The molecule has 1 atom stereocenters. The molecule has 1 unspecified atom stereocenters. The number of hydrogen-bond donors (Lipinski definition) is 1. The van der Waals surface area contributed by atoms with Crippen molar-refractivity contribution in [3.05, 3.63) is 0 Å². The molecule has 0 aromatic carbocycles. The number of guanidine groups is 1. The number of nitrogens with one attached hydrogen (secondary N) is 1. The van der Waals surface area contributed by atoms with Gasteiger partial charge in [0.25, 0.3) is 0 Å². The van der Waals surface area contributed by atoms with Gasteiger partial charge in [0.05, 0.1) is 6.61 Å². The molecule has 130 valence electrons. The van der Waals surface area contributed by atoms with E-state index in [0.717, 1.165) is 45.4 Å². The van der Waals surface area contributed by atoms with E-state index in [1.165, 1.54) is 25.7 Å². The van der Waals surface area contributed by atoms with Crippen LogP contribution in [-0.2, 0) is 4.74 Å². The fourth-order valence-corrected chi connectivity index (χ4v) is 3.31. The summed E-state index contributed by atoms with van der Waals surface area (Å²) in [6, 6.07) is 0. The highest BCUT2D eigenvalue weighted by Crippen LogP contribution is 2.38. The highest BCUT2D eigenvalue weighted by atomic mass is 127. The summed E-state index contributed by atoms with van der Waals surface area (Å²) in [6.07, 6.45) is 4.86. The topological polar surface area (TPSA) is 36.9 Å². The van der Waals surface area contributed by atoms with Crippen molar-refractivity contribution >= 4 is 29.9 Å². The fourth-order valence-electron chi connectivity index (χ4n) is 3.31. The summed E-state index contributed by atoms with van der Waals surface area (Å²) >= 11 is 0. The van der Waals surface area contributed by atoms with Crippen molar-refractivity contribution in [1.82, 2.24) is 10.2 Å². The minimum absolute atomic E-state index is 0. The molecule has 2 rings (SSSR count). The van der Waals surface area contributed by atoms with Gasteiger partial charge in [-0.05, 0) is 38.0 Å². The van der Waals surface area contributed by atoms with Crippen LogP contribution in [-0.4, -0.2) is 50.3 Å². The predicted molar refractivity (Wildman–Crippen MR) is 104 cm³/mol. The highest BCUT2D eigenvalue weighted by Gasteiger charge is 2.42. The van der Waals surface area contributed by atoms with Crippen molar-refractivity contribution in [3.8, 4) is 0 Å². The summed E-state index contributed by atoms with van der Waals surface area (Å²) in [5, 5.41) is 3.46. The van der Waals surface area contributed by atoms with Crippen LogP contribution in [0.4, 0.5) is 0 Å². The Balaban J connectivity index is 0.00000242. The van der Waals surface area contributed by atoms with Gasteiger partial charge in [-0.2, -0.15) is 0 Å². The first kappa shape index (κ1) is 20.0. The zero-order valence-corrected chi connectivity index (χ0v) is 17.1. The molecule has 0 aliphatic carbocycles. The van der Waals surface area contributed by atoms with Gasteiger partial charge < -0.3 is 15.0 Å². The molecule has 2 heterocycles.